The molecule has 2 N–H and O–H groups in total. The molecule has 3 rings (SSSR count). The fraction of sp³-hybridized carbons (Fsp3) is 0.125. The Morgan fingerprint density at radius 1 is 1.16 bits per heavy atom. The van der Waals surface area contributed by atoms with Crippen molar-refractivity contribution in [3.8, 4) is 0 Å². The first-order chi connectivity index (χ1) is 11.8. The van der Waals surface area contributed by atoms with Crippen molar-refractivity contribution in [3.05, 3.63) is 68.8 Å². The Balaban J connectivity index is 1.89. The van der Waals surface area contributed by atoms with Crippen LogP contribution in [0.2, 0.25) is 5.15 Å². The van der Waals surface area contributed by atoms with E-state index in [2.05, 4.69) is 15.5 Å². The summed E-state index contributed by atoms with van der Waals surface area (Å²) in [5.74, 6) is -1.32. The first-order valence-corrected chi connectivity index (χ1v) is 7.41. The third kappa shape index (κ3) is 3.43. The molecule has 0 atom stereocenters. The van der Waals surface area contributed by atoms with Gasteiger partial charge in [0, 0.05) is 23.2 Å². The number of aromatic amines is 1. The molecule has 130 valence electrons. The molecule has 1 aromatic heterocycles. The molecule has 1 heterocycles. The van der Waals surface area contributed by atoms with Crippen LogP contribution < -0.4 is 10.9 Å². The molecular weight excluding hydrogens is 362 g/mol. The number of aromatic nitrogens is 2. The van der Waals surface area contributed by atoms with Gasteiger partial charge in [0.1, 0.15) is 5.82 Å². The number of fused-ring (bicyclic) bond motifs is 1. The van der Waals surface area contributed by atoms with Crippen molar-refractivity contribution in [2.24, 2.45) is 0 Å². The molecule has 0 aliphatic heterocycles. The van der Waals surface area contributed by atoms with Crippen LogP contribution in [0.5, 0.6) is 0 Å². The molecule has 0 radical (unpaired) electrons. The number of halogens is 5. The Bertz CT molecular complexity index is 1000. The second kappa shape index (κ2) is 6.36. The summed E-state index contributed by atoms with van der Waals surface area (Å²) < 4.78 is 52.2. The quantitative estimate of drug-likeness (QED) is 0.673. The van der Waals surface area contributed by atoms with Gasteiger partial charge in [-0.3, -0.25) is 4.79 Å². The lowest BCUT2D eigenvalue weighted by molar-refractivity contribution is -0.140. The summed E-state index contributed by atoms with van der Waals surface area (Å²) in [6.45, 7) is -0.171. The van der Waals surface area contributed by atoms with Gasteiger partial charge < -0.3 is 5.32 Å². The monoisotopic (exact) mass is 371 g/mol. The normalized spacial score (nSPS) is 11.7. The van der Waals surface area contributed by atoms with E-state index in [-0.39, 0.29) is 17.3 Å². The zero-order valence-electron chi connectivity index (χ0n) is 12.4. The lowest BCUT2D eigenvalue weighted by atomic mass is 10.1. The maximum atomic E-state index is 14.0. The Hall–Kier alpha value is -2.61. The number of nitrogens with zero attached hydrogens (tertiary/aromatic N) is 1. The van der Waals surface area contributed by atoms with Gasteiger partial charge in [0.2, 0.25) is 0 Å². The highest BCUT2D eigenvalue weighted by Crippen LogP contribution is 2.32. The van der Waals surface area contributed by atoms with Gasteiger partial charge in [0.15, 0.2) is 5.15 Å². The maximum Gasteiger partial charge on any atom is 0.419 e. The molecule has 0 spiro atoms. The molecule has 0 bridgehead atoms. The predicted molar refractivity (Wildman–Crippen MR) is 86.1 cm³/mol. The zero-order valence-corrected chi connectivity index (χ0v) is 13.2. The molecule has 0 aliphatic rings. The van der Waals surface area contributed by atoms with E-state index >= 15 is 0 Å². The van der Waals surface area contributed by atoms with Crippen LogP contribution in [0.3, 0.4) is 0 Å². The van der Waals surface area contributed by atoms with Crippen molar-refractivity contribution >= 4 is 28.1 Å². The van der Waals surface area contributed by atoms with Gasteiger partial charge in [-0.05, 0) is 24.3 Å². The first kappa shape index (κ1) is 17.2. The Labute approximate surface area is 143 Å². The molecule has 2 aromatic carbocycles. The van der Waals surface area contributed by atoms with Gasteiger partial charge in [-0.1, -0.05) is 23.7 Å². The van der Waals surface area contributed by atoms with E-state index in [1.807, 2.05) is 0 Å². The summed E-state index contributed by atoms with van der Waals surface area (Å²) in [6.07, 6.45) is -4.76. The number of rotatable bonds is 3. The molecule has 0 aliphatic carbocycles. The average molecular weight is 372 g/mol. The summed E-state index contributed by atoms with van der Waals surface area (Å²) >= 11 is 5.92. The Morgan fingerprint density at radius 3 is 2.64 bits per heavy atom. The van der Waals surface area contributed by atoms with Crippen LogP contribution in [0.15, 0.2) is 41.2 Å². The van der Waals surface area contributed by atoms with Crippen molar-refractivity contribution in [3.63, 3.8) is 0 Å². The van der Waals surface area contributed by atoms with Gasteiger partial charge in [0.05, 0.1) is 10.9 Å². The minimum atomic E-state index is -4.76. The lowest BCUT2D eigenvalue weighted by Gasteiger charge is -2.12. The molecule has 0 fully saturated rings. The van der Waals surface area contributed by atoms with Crippen molar-refractivity contribution < 1.29 is 17.6 Å². The molecular formula is C16H10ClF4N3O. The van der Waals surface area contributed by atoms with Gasteiger partial charge in [0.25, 0.3) is 5.56 Å². The van der Waals surface area contributed by atoms with Crippen LogP contribution in [0.1, 0.15) is 11.1 Å². The van der Waals surface area contributed by atoms with Crippen molar-refractivity contribution in [2.75, 3.05) is 5.32 Å². The van der Waals surface area contributed by atoms with Crippen molar-refractivity contribution in [1.82, 2.24) is 10.2 Å². The van der Waals surface area contributed by atoms with Crippen LogP contribution >= 0.6 is 11.6 Å². The predicted octanol–water partition coefficient (Wildman–Crippen LogP) is 4.35. The topological polar surface area (TPSA) is 57.8 Å². The number of H-pyrrole nitrogens is 1. The van der Waals surface area contributed by atoms with E-state index in [4.69, 9.17) is 11.6 Å². The summed E-state index contributed by atoms with van der Waals surface area (Å²) in [4.78, 5) is 11.6. The highest BCUT2D eigenvalue weighted by Gasteiger charge is 2.34. The van der Waals surface area contributed by atoms with Crippen LogP contribution in [-0.2, 0) is 12.7 Å². The standard InChI is InChI=1S/C16H10ClF4N3O/c17-14-11-6-9(4-5-10(11)15(25)24-23-14)22-7-8-2-1-3-12(13(8)18)16(19,20)21/h1-6,22H,7H2,(H,24,25). The molecule has 0 unspecified atom stereocenters. The van der Waals surface area contributed by atoms with E-state index in [0.717, 1.165) is 6.07 Å². The van der Waals surface area contributed by atoms with Gasteiger partial charge in [-0.2, -0.15) is 18.3 Å². The zero-order chi connectivity index (χ0) is 18.2. The fourth-order valence-corrected chi connectivity index (χ4v) is 2.57. The molecule has 25 heavy (non-hydrogen) atoms. The van der Waals surface area contributed by atoms with Crippen molar-refractivity contribution in [1.29, 1.82) is 0 Å². The van der Waals surface area contributed by atoms with E-state index < -0.39 is 23.1 Å². The fourth-order valence-electron chi connectivity index (χ4n) is 2.38. The highest BCUT2D eigenvalue weighted by atomic mass is 35.5. The van der Waals surface area contributed by atoms with Crippen LogP contribution in [0.25, 0.3) is 10.8 Å². The van der Waals surface area contributed by atoms with Crippen LogP contribution in [-0.4, -0.2) is 10.2 Å². The second-order valence-electron chi connectivity index (χ2n) is 5.23. The number of benzene rings is 2. The summed E-state index contributed by atoms with van der Waals surface area (Å²) in [5, 5.41) is 9.44. The van der Waals surface area contributed by atoms with Gasteiger partial charge in [-0.25, -0.2) is 9.49 Å². The lowest BCUT2D eigenvalue weighted by Crippen LogP contribution is -2.12. The average Bonchev–Trinajstić information content (AvgIpc) is 2.56. The smallest absolute Gasteiger partial charge is 0.381 e. The van der Waals surface area contributed by atoms with E-state index in [1.54, 1.807) is 6.07 Å². The molecule has 9 heteroatoms. The Kier molecular flexibility index (Phi) is 4.38. The number of nitrogens with one attached hydrogen (secondary N) is 2. The van der Waals surface area contributed by atoms with Gasteiger partial charge >= 0.3 is 6.18 Å². The summed E-state index contributed by atoms with van der Waals surface area (Å²) in [5.41, 5.74) is -1.41. The third-order valence-corrected chi connectivity index (χ3v) is 3.90. The summed E-state index contributed by atoms with van der Waals surface area (Å²) in [6, 6.07) is 7.64. The highest BCUT2D eigenvalue weighted by molar-refractivity contribution is 6.34. The minimum Gasteiger partial charge on any atom is -0.381 e. The van der Waals surface area contributed by atoms with Crippen LogP contribution in [0, 0.1) is 5.82 Å². The second-order valence-corrected chi connectivity index (χ2v) is 5.59. The van der Waals surface area contributed by atoms with Gasteiger partial charge in [-0.15, -0.1) is 0 Å². The van der Waals surface area contributed by atoms with E-state index in [0.29, 0.717) is 22.5 Å². The first-order valence-electron chi connectivity index (χ1n) is 7.04. The molecule has 0 saturated heterocycles. The molecule has 0 amide bonds. The molecule has 0 saturated carbocycles. The number of alkyl halides is 3. The van der Waals surface area contributed by atoms with Crippen LogP contribution in [0.4, 0.5) is 23.2 Å². The Morgan fingerprint density at radius 2 is 1.92 bits per heavy atom. The minimum absolute atomic E-state index is 0.0727. The number of hydrogen-bond donors (Lipinski definition) is 2. The number of anilines is 1. The van der Waals surface area contributed by atoms with E-state index in [9.17, 15) is 22.4 Å². The SMILES string of the molecule is O=c1[nH]nc(Cl)c2cc(NCc3cccc(C(F)(F)F)c3F)ccc12. The maximum absolute atomic E-state index is 14.0. The van der Waals surface area contributed by atoms with Crippen molar-refractivity contribution in [2.45, 2.75) is 12.7 Å². The third-order valence-electron chi connectivity index (χ3n) is 3.61. The summed E-state index contributed by atoms with van der Waals surface area (Å²) in [7, 11) is 0. The largest absolute Gasteiger partial charge is 0.419 e. The molecule has 4 nitrogen and oxygen atoms in total. The van der Waals surface area contributed by atoms with E-state index in [1.165, 1.54) is 18.2 Å². The molecule has 3 aromatic rings. The number of hydrogen-bond acceptors (Lipinski definition) is 3.